The zero-order chi connectivity index (χ0) is 18.6. The summed E-state index contributed by atoms with van der Waals surface area (Å²) in [5, 5.41) is 6.51. The maximum absolute atomic E-state index is 5.88. The molecule has 0 aliphatic rings. The molecule has 1 heterocycles. The fourth-order valence-electron chi connectivity index (χ4n) is 2.37. The van der Waals surface area contributed by atoms with E-state index in [0.29, 0.717) is 32.9 Å². The first kappa shape index (κ1) is 23.3. The van der Waals surface area contributed by atoms with E-state index in [0.717, 1.165) is 35.1 Å². The van der Waals surface area contributed by atoms with Crippen LogP contribution in [0.4, 0.5) is 0 Å². The van der Waals surface area contributed by atoms with Gasteiger partial charge in [0.05, 0.1) is 26.0 Å². The van der Waals surface area contributed by atoms with E-state index in [-0.39, 0.29) is 24.0 Å². The molecule has 2 aromatic rings. The van der Waals surface area contributed by atoms with Gasteiger partial charge < -0.3 is 24.5 Å². The molecular formula is C20H30IN3O3. The topological polar surface area (TPSA) is 68.0 Å². The highest BCUT2D eigenvalue weighted by Crippen LogP contribution is 2.21. The van der Waals surface area contributed by atoms with Crippen molar-refractivity contribution in [3.05, 3.63) is 53.5 Å². The van der Waals surface area contributed by atoms with Crippen LogP contribution in [0.1, 0.15) is 30.7 Å². The van der Waals surface area contributed by atoms with E-state index < -0.39 is 0 Å². The van der Waals surface area contributed by atoms with Crippen LogP contribution in [-0.4, -0.2) is 32.3 Å². The Morgan fingerprint density at radius 2 is 2.00 bits per heavy atom. The van der Waals surface area contributed by atoms with E-state index in [9.17, 15) is 0 Å². The normalized spacial score (nSPS) is 11.0. The molecule has 2 N–H and O–H groups in total. The Labute approximate surface area is 178 Å². The van der Waals surface area contributed by atoms with Gasteiger partial charge in [0.2, 0.25) is 0 Å². The van der Waals surface area contributed by atoms with Crippen molar-refractivity contribution in [2.24, 2.45) is 4.99 Å². The number of rotatable bonds is 10. The molecule has 0 atom stereocenters. The Bertz CT molecular complexity index is 675. The van der Waals surface area contributed by atoms with E-state index in [1.54, 1.807) is 6.26 Å². The molecule has 150 valence electrons. The molecule has 0 saturated carbocycles. The highest BCUT2D eigenvalue weighted by molar-refractivity contribution is 14.0. The van der Waals surface area contributed by atoms with Crippen LogP contribution in [0, 0.1) is 6.92 Å². The van der Waals surface area contributed by atoms with E-state index in [2.05, 4.69) is 34.7 Å². The van der Waals surface area contributed by atoms with Gasteiger partial charge in [0, 0.05) is 18.7 Å². The Hall–Kier alpha value is -1.74. The number of hydrogen-bond donors (Lipinski definition) is 2. The number of hydrogen-bond acceptors (Lipinski definition) is 4. The second kappa shape index (κ2) is 13.4. The number of ether oxygens (including phenoxy) is 2. The summed E-state index contributed by atoms with van der Waals surface area (Å²) in [6, 6.07) is 9.98. The molecule has 27 heavy (non-hydrogen) atoms. The molecule has 0 aliphatic heterocycles. The minimum absolute atomic E-state index is 0. The lowest BCUT2D eigenvalue weighted by atomic mass is 10.1. The first-order valence-electron chi connectivity index (χ1n) is 9.07. The molecular weight excluding hydrogens is 457 g/mol. The van der Waals surface area contributed by atoms with Crippen LogP contribution in [0.5, 0.6) is 5.75 Å². The van der Waals surface area contributed by atoms with Crippen molar-refractivity contribution in [2.45, 2.75) is 33.9 Å². The lowest BCUT2D eigenvalue weighted by molar-refractivity contribution is 0.110. The van der Waals surface area contributed by atoms with Crippen molar-refractivity contribution < 1.29 is 13.9 Å². The van der Waals surface area contributed by atoms with Gasteiger partial charge in [-0.2, -0.15) is 0 Å². The van der Waals surface area contributed by atoms with Gasteiger partial charge in [-0.25, -0.2) is 4.99 Å². The second-order valence-corrected chi connectivity index (χ2v) is 5.78. The van der Waals surface area contributed by atoms with Crippen LogP contribution < -0.4 is 15.4 Å². The molecule has 0 unspecified atom stereocenters. The summed E-state index contributed by atoms with van der Waals surface area (Å²) in [7, 11) is 0. The first-order valence-corrected chi connectivity index (χ1v) is 9.07. The van der Waals surface area contributed by atoms with E-state index >= 15 is 0 Å². The SMILES string of the molecule is CCNC(=NCc1ccc(C)cc1OCCOCC)NCc1ccco1.I. The fourth-order valence-corrected chi connectivity index (χ4v) is 2.37. The Morgan fingerprint density at radius 1 is 1.15 bits per heavy atom. The summed E-state index contributed by atoms with van der Waals surface area (Å²) in [5.74, 6) is 2.46. The highest BCUT2D eigenvalue weighted by Gasteiger charge is 2.06. The second-order valence-electron chi connectivity index (χ2n) is 5.78. The Morgan fingerprint density at radius 3 is 2.70 bits per heavy atom. The molecule has 0 amide bonds. The number of halogens is 1. The zero-order valence-electron chi connectivity index (χ0n) is 16.3. The minimum atomic E-state index is 0. The molecule has 1 aromatic heterocycles. The van der Waals surface area contributed by atoms with Crippen molar-refractivity contribution in [3.63, 3.8) is 0 Å². The summed E-state index contributed by atoms with van der Waals surface area (Å²) in [5.41, 5.74) is 2.20. The predicted molar refractivity (Wildman–Crippen MR) is 119 cm³/mol. The number of furan rings is 1. The third kappa shape index (κ3) is 8.66. The molecule has 0 spiro atoms. The van der Waals surface area contributed by atoms with Crippen LogP contribution in [0.3, 0.4) is 0 Å². The molecule has 0 bridgehead atoms. The van der Waals surface area contributed by atoms with Crippen LogP contribution in [0.15, 0.2) is 46.0 Å². The van der Waals surface area contributed by atoms with Crippen molar-refractivity contribution in [3.8, 4) is 5.75 Å². The van der Waals surface area contributed by atoms with Gasteiger partial charge >= 0.3 is 0 Å². The standard InChI is InChI=1S/C20H29N3O3.HI/c1-4-21-20(23-15-18-7-6-10-25-18)22-14-17-9-8-16(3)13-19(17)26-12-11-24-5-2;/h6-10,13H,4-5,11-12,14-15H2,1-3H3,(H2,21,22,23);1H. The number of nitrogens with zero attached hydrogens (tertiary/aromatic N) is 1. The number of nitrogens with one attached hydrogen (secondary N) is 2. The molecule has 6 nitrogen and oxygen atoms in total. The summed E-state index contributed by atoms with van der Waals surface area (Å²) < 4.78 is 16.6. The molecule has 1 aromatic carbocycles. The van der Waals surface area contributed by atoms with Gasteiger partial charge in [0.15, 0.2) is 5.96 Å². The van der Waals surface area contributed by atoms with Crippen LogP contribution in [-0.2, 0) is 17.8 Å². The van der Waals surface area contributed by atoms with Crippen LogP contribution in [0.25, 0.3) is 0 Å². The summed E-state index contributed by atoms with van der Waals surface area (Å²) in [4.78, 5) is 4.66. The van der Waals surface area contributed by atoms with Gasteiger partial charge in [-0.3, -0.25) is 0 Å². The highest BCUT2D eigenvalue weighted by atomic mass is 127. The van der Waals surface area contributed by atoms with Gasteiger partial charge in [-0.1, -0.05) is 12.1 Å². The first-order chi connectivity index (χ1) is 12.7. The van der Waals surface area contributed by atoms with Crippen molar-refractivity contribution in [2.75, 3.05) is 26.4 Å². The molecule has 0 saturated heterocycles. The number of benzene rings is 1. The van der Waals surface area contributed by atoms with Gasteiger partial charge in [-0.05, 0) is 44.5 Å². The quantitative estimate of drug-likeness (QED) is 0.231. The number of aryl methyl sites for hydroxylation is 1. The van der Waals surface area contributed by atoms with E-state index in [1.807, 2.05) is 32.0 Å². The average Bonchev–Trinajstić information content (AvgIpc) is 3.16. The number of guanidine groups is 1. The number of aliphatic imine (C=N–C) groups is 1. The largest absolute Gasteiger partial charge is 0.491 e. The Balaban J connectivity index is 0.00000364. The van der Waals surface area contributed by atoms with Gasteiger partial charge in [-0.15, -0.1) is 24.0 Å². The third-order valence-corrected chi connectivity index (χ3v) is 3.67. The third-order valence-electron chi connectivity index (χ3n) is 3.67. The minimum Gasteiger partial charge on any atom is -0.491 e. The van der Waals surface area contributed by atoms with Crippen molar-refractivity contribution >= 4 is 29.9 Å². The lowest BCUT2D eigenvalue weighted by Gasteiger charge is -2.13. The van der Waals surface area contributed by atoms with Crippen molar-refractivity contribution in [1.82, 2.24) is 10.6 Å². The predicted octanol–water partition coefficient (Wildman–Crippen LogP) is 3.88. The Kier molecular flexibility index (Phi) is 11.6. The maximum atomic E-state index is 5.88. The monoisotopic (exact) mass is 487 g/mol. The van der Waals surface area contributed by atoms with Crippen molar-refractivity contribution in [1.29, 1.82) is 0 Å². The molecule has 0 fully saturated rings. The summed E-state index contributed by atoms with van der Waals surface area (Å²) in [6.45, 7) is 9.78. The summed E-state index contributed by atoms with van der Waals surface area (Å²) >= 11 is 0. The average molecular weight is 487 g/mol. The van der Waals surface area contributed by atoms with Gasteiger partial charge in [0.1, 0.15) is 18.1 Å². The molecule has 0 aliphatic carbocycles. The lowest BCUT2D eigenvalue weighted by Crippen LogP contribution is -2.36. The smallest absolute Gasteiger partial charge is 0.191 e. The van der Waals surface area contributed by atoms with Crippen LogP contribution >= 0.6 is 24.0 Å². The van der Waals surface area contributed by atoms with Gasteiger partial charge in [0.25, 0.3) is 0 Å². The summed E-state index contributed by atoms with van der Waals surface area (Å²) in [6.07, 6.45) is 1.67. The van der Waals surface area contributed by atoms with E-state index in [4.69, 9.17) is 13.9 Å². The molecule has 7 heteroatoms. The molecule has 2 rings (SSSR count). The zero-order valence-corrected chi connectivity index (χ0v) is 18.6. The van der Waals surface area contributed by atoms with E-state index in [1.165, 1.54) is 0 Å². The maximum Gasteiger partial charge on any atom is 0.191 e. The molecule has 0 radical (unpaired) electrons. The fraction of sp³-hybridized carbons (Fsp3) is 0.450. The van der Waals surface area contributed by atoms with Crippen LogP contribution in [0.2, 0.25) is 0 Å².